The SMILES string of the molecule is CCC.Cc1c(C#N)c(-c2ccc(-c3nnc(N(C)C)s3)cc2)c(C(=O)O)n1C. The zero-order valence-corrected chi connectivity index (χ0v) is 18.3. The lowest BCUT2D eigenvalue weighted by molar-refractivity contribution is 0.0687. The summed E-state index contributed by atoms with van der Waals surface area (Å²) < 4.78 is 1.54. The molecule has 3 rings (SSSR count). The summed E-state index contributed by atoms with van der Waals surface area (Å²) in [6.07, 6.45) is 1.25. The Morgan fingerprint density at radius 1 is 1.21 bits per heavy atom. The van der Waals surface area contributed by atoms with E-state index in [0.717, 1.165) is 15.7 Å². The number of nitriles is 1. The van der Waals surface area contributed by atoms with Gasteiger partial charge in [-0.3, -0.25) is 0 Å². The number of hydrogen-bond acceptors (Lipinski definition) is 6. The summed E-state index contributed by atoms with van der Waals surface area (Å²) in [6, 6.07) is 9.49. The van der Waals surface area contributed by atoms with Gasteiger partial charge in [0.15, 0.2) is 0 Å². The molecular formula is C21H25N5O2S. The van der Waals surface area contributed by atoms with Gasteiger partial charge in [0.1, 0.15) is 16.8 Å². The second kappa shape index (κ2) is 9.34. The fourth-order valence-corrected chi connectivity index (χ4v) is 3.54. The van der Waals surface area contributed by atoms with Crippen LogP contribution in [0.5, 0.6) is 0 Å². The quantitative estimate of drug-likeness (QED) is 0.676. The summed E-state index contributed by atoms with van der Waals surface area (Å²) in [7, 11) is 5.46. The first kappa shape index (κ1) is 22.1. The molecule has 0 aliphatic carbocycles. The Bertz CT molecular complexity index is 1040. The van der Waals surface area contributed by atoms with Crippen molar-refractivity contribution < 1.29 is 9.90 Å². The molecule has 3 aromatic rings. The Labute approximate surface area is 174 Å². The number of aromatic carboxylic acids is 1. The number of carboxylic acid groups (broad SMARTS) is 1. The number of carbonyl (C=O) groups is 1. The highest BCUT2D eigenvalue weighted by Gasteiger charge is 2.24. The first-order chi connectivity index (χ1) is 13.8. The van der Waals surface area contributed by atoms with Crippen molar-refractivity contribution in [1.82, 2.24) is 14.8 Å². The van der Waals surface area contributed by atoms with Crippen LogP contribution in [0.1, 0.15) is 42.0 Å². The third-order valence-corrected chi connectivity index (χ3v) is 5.36. The van der Waals surface area contributed by atoms with E-state index in [4.69, 9.17) is 0 Å². The zero-order valence-electron chi connectivity index (χ0n) is 17.5. The van der Waals surface area contributed by atoms with Gasteiger partial charge in [-0.05, 0) is 12.5 Å². The van der Waals surface area contributed by atoms with Crippen molar-refractivity contribution in [3.63, 3.8) is 0 Å². The summed E-state index contributed by atoms with van der Waals surface area (Å²) >= 11 is 1.47. The van der Waals surface area contributed by atoms with E-state index in [1.165, 1.54) is 22.3 Å². The van der Waals surface area contributed by atoms with Crippen molar-refractivity contribution in [2.24, 2.45) is 7.05 Å². The summed E-state index contributed by atoms with van der Waals surface area (Å²) in [6.45, 7) is 5.99. The van der Waals surface area contributed by atoms with E-state index < -0.39 is 5.97 Å². The topological polar surface area (TPSA) is 95.0 Å². The fourth-order valence-electron chi connectivity index (χ4n) is 2.76. The average Bonchev–Trinajstić information content (AvgIpc) is 3.27. The van der Waals surface area contributed by atoms with Gasteiger partial charge in [-0.25, -0.2) is 4.79 Å². The summed E-state index contributed by atoms with van der Waals surface area (Å²) in [5.41, 5.74) is 3.13. The summed E-state index contributed by atoms with van der Waals surface area (Å²) in [5.74, 6) is -1.06. The highest BCUT2D eigenvalue weighted by Crippen LogP contribution is 2.34. The molecule has 0 saturated carbocycles. The van der Waals surface area contributed by atoms with Gasteiger partial charge in [0.05, 0.1) is 5.56 Å². The van der Waals surface area contributed by atoms with Crippen LogP contribution in [0, 0.1) is 18.3 Å². The molecule has 0 saturated heterocycles. The molecular weight excluding hydrogens is 386 g/mol. The van der Waals surface area contributed by atoms with Crippen LogP contribution in [-0.4, -0.2) is 39.9 Å². The number of anilines is 1. The lowest BCUT2D eigenvalue weighted by atomic mass is 9.99. The van der Waals surface area contributed by atoms with Crippen molar-refractivity contribution in [3.8, 4) is 27.8 Å². The molecule has 0 aliphatic heterocycles. The number of aromatic nitrogens is 3. The average molecular weight is 412 g/mol. The van der Waals surface area contributed by atoms with Gasteiger partial charge in [-0.2, -0.15) is 5.26 Å². The maximum absolute atomic E-state index is 11.7. The molecule has 8 heteroatoms. The van der Waals surface area contributed by atoms with Crippen molar-refractivity contribution >= 4 is 22.4 Å². The maximum Gasteiger partial charge on any atom is 0.353 e. The molecule has 7 nitrogen and oxygen atoms in total. The second-order valence-electron chi connectivity index (χ2n) is 6.73. The molecule has 2 aromatic heterocycles. The van der Waals surface area contributed by atoms with Crippen LogP contribution >= 0.6 is 11.3 Å². The van der Waals surface area contributed by atoms with E-state index in [-0.39, 0.29) is 5.69 Å². The highest BCUT2D eigenvalue weighted by molar-refractivity contribution is 7.18. The Hall–Kier alpha value is -3.18. The van der Waals surface area contributed by atoms with Crippen LogP contribution in [-0.2, 0) is 7.05 Å². The molecule has 152 valence electrons. The number of nitrogens with zero attached hydrogens (tertiary/aromatic N) is 5. The van der Waals surface area contributed by atoms with E-state index >= 15 is 0 Å². The van der Waals surface area contributed by atoms with Crippen molar-refractivity contribution in [2.45, 2.75) is 27.2 Å². The van der Waals surface area contributed by atoms with Gasteiger partial charge in [0.25, 0.3) is 0 Å². The number of rotatable bonds is 4. The molecule has 0 aliphatic rings. The van der Waals surface area contributed by atoms with Crippen molar-refractivity contribution in [1.29, 1.82) is 5.26 Å². The van der Waals surface area contributed by atoms with Crippen molar-refractivity contribution in [3.05, 3.63) is 41.2 Å². The maximum atomic E-state index is 11.7. The van der Waals surface area contributed by atoms with Gasteiger partial charge in [-0.15, -0.1) is 10.2 Å². The summed E-state index contributed by atoms with van der Waals surface area (Å²) in [4.78, 5) is 13.6. The Morgan fingerprint density at radius 2 is 1.76 bits per heavy atom. The lowest BCUT2D eigenvalue weighted by Crippen LogP contribution is -2.07. The van der Waals surface area contributed by atoms with E-state index in [9.17, 15) is 15.2 Å². The Balaban J connectivity index is 0.000000941. The van der Waals surface area contributed by atoms with Crippen LogP contribution in [0.2, 0.25) is 0 Å². The molecule has 0 radical (unpaired) electrons. The van der Waals surface area contributed by atoms with Gasteiger partial charge in [0.2, 0.25) is 5.13 Å². The van der Waals surface area contributed by atoms with E-state index in [0.29, 0.717) is 22.4 Å². The van der Waals surface area contributed by atoms with Crippen molar-refractivity contribution in [2.75, 3.05) is 19.0 Å². The molecule has 0 bridgehead atoms. The molecule has 0 fully saturated rings. The molecule has 0 amide bonds. The van der Waals surface area contributed by atoms with Crippen LogP contribution in [0.15, 0.2) is 24.3 Å². The lowest BCUT2D eigenvalue weighted by Gasteiger charge is -2.05. The third-order valence-electron chi connectivity index (χ3n) is 4.22. The molecule has 1 aromatic carbocycles. The largest absolute Gasteiger partial charge is 0.477 e. The Morgan fingerprint density at radius 3 is 2.21 bits per heavy atom. The molecule has 0 atom stereocenters. The molecule has 0 unspecified atom stereocenters. The minimum absolute atomic E-state index is 0.109. The second-order valence-corrected chi connectivity index (χ2v) is 7.68. The first-order valence-electron chi connectivity index (χ1n) is 9.20. The highest BCUT2D eigenvalue weighted by atomic mass is 32.1. The minimum Gasteiger partial charge on any atom is -0.477 e. The normalized spacial score (nSPS) is 10.1. The van der Waals surface area contributed by atoms with Crippen LogP contribution in [0.4, 0.5) is 5.13 Å². The standard InChI is InChI=1S/C18H17N5O2S.C3H8/c1-10-13(9-19)14(15(17(24)25)23(10)4)11-5-7-12(8-6-11)16-20-21-18(26-16)22(2)3;1-3-2/h5-8H,1-4H3,(H,24,25);3H2,1-2H3. The molecule has 2 heterocycles. The van der Waals surface area contributed by atoms with E-state index in [2.05, 4.69) is 30.1 Å². The van der Waals surface area contributed by atoms with Gasteiger partial charge < -0.3 is 14.6 Å². The minimum atomic E-state index is -1.06. The van der Waals surface area contributed by atoms with E-state index in [1.807, 2.05) is 43.3 Å². The third kappa shape index (κ3) is 4.46. The predicted octanol–water partition coefficient (Wildman–Crippen LogP) is 4.57. The van der Waals surface area contributed by atoms with Crippen LogP contribution in [0.25, 0.3) is 21.7 Å². The number of hydrogen-bond donors (Lipinski definition) is 1. The van der Waals surface area contributed by atoms with Gasteiger partial charge >= 0.3 is 5.97 Å². The first-order valence-corrected chi connectivity index (χ1v) is 10.0. The predicted molar refractivity (Wildman–Crippen MR) is 116 cm³/mol. The number of benzene rings is 1. The van der Waals surface area contributed by atoms with Gasteiger partial charge in [-0.1, -0.05) is 55.9 Å². The van der Waals surface area contributed by atoms with E-state index in [1.54, 1.807) is 14.0 Å². The fraction of sp³-hybridized carbons (Fsp3) is 0.333. The Kier molecular flexibility index (Phi) is 7.13. The molecule has 0 spiro atoms. The summed E-state index contributed by atoms with van der Waals surface area (Å²) in [5, 5.41) is 29.0. The monoisotopic (exact) mass is 411 g/mol. The molecule has 1 N–H and O–H groups in total. The zero-order chi connectivity index (χ0) is 21.7. The number of carboxylic acids is 1. The smallest absolute Gasteiger partial charge is 0.353 e. The van der Waals surface area contributed by atoms with Crippen LogP contribution < -0.4 is 4.90 Å². The molecule has 29 heavy (non-hydrogen) atoms. The van der Waals surface area contributed by atoms with Crippen LogP contribution in [0.3, 0.4) is 0 Å². The van der Waals surface area contributed by atoms with Gasteiger partial charge in [0, 0.05) is 38.0 Å².